The van der Waals surface area contributed by atoms with Crippen molar-refractivity contribution in [3.05, 3.63) is 24.3 Å². The Hall–Kier alpha value is -2.24. The van der Waals surface area contributed by atoms with E-state index in [4.69, 9.17) is 9.47 Å². The maximum absolute atomic E-state index is 12.3. The second kappa shape index (κ2) is 8.92. The number of amides is 2. The van der Waals surface area contributed by atoms with Crippen molar-refractivity contribution in [2.75, 3.05) is 26.7 Å². The first-order chi connectivity index (χ1) is 10.5. The number of benzene rings is 1. The number of nitrogens with zero attached hydrogens (tertiary/aromatic N) is 1. The van der Waals surface area contributed by atoms with Gasteiger partial charge in [-0.25, -0.2) is 0 Å². The molecule has 0 saturated heterocycles. The SMILES string of the molecule is CCNC(=O)CN(CC)C(=O)C(C)Oc1ccc(OC)cc1. The maximum atomic E-state index is 12.3. The Morgan fingerprint density at radius 1 is 1.18 bits per heavy atom. The van der Waals surface area contributed by atoms with Crippen molar-refractivity contribution < 1.29 is 19.1 Å². The molecule has 2 amide bonds. The fourth-order valence-corrected chi connectivity index (χ4v) is 1.94. The van der Waals surface area contributed by atoms with E-state index in [1.807, 2.05) is 13.8 Å². The summed E-state index contributed by atoms with van der Waals surface area (Å²) < 4.78 is 10.7. The average Bonchev–Trinajstić information content (AvgIpc) is 2.52. The first-order valence-electron chi connectivity index (χ1n) is 7.38. The van der Waals surface area contributed by atoms with Gasteiger partial charge in [-0.2, -0.15) is 0 Å². The molecule has 0 aliphatic heterocycles. The number of hydrogen-bond donors (Lipinski definition) is 1. The molecule has 0 radical (unpaired) electrons. The topological polar surface area (TPSA) is 67.9 Å². The smallest absolute Gasteiger partial charge is 0.263 e. The first-order valence-corrected chi connectivity index (χ1v) is 7.38. The van der Waals surface area contributed by atoms with Crippen molar-refractivity contribution in [1.29, 1.82) is 0 Å². The minimum atomic E-state index is -0.664. The maximum Gasteiger partial charge on any atom is 0.263 e. The molecule has 1 aromatic carbocycles. The highest BCUT2D eigenvalue weighted by molar-refractivity contribution is 5.87. The molecule has 1 aromatic rings. The number of ether oxygens (including phenoxy) is 2. The third kappa shape index (κ3) is 5.27. The molecular weight excluding hydrogens is 284 g/mol. The zero-order chi connectivity index (χ0) is 16.5. The van der Waals surface area contributed by atoms with Crippen LogP contribution in [0.5, 0.6) is 11.5 Å². The molecular formula is C16H24N2O4. The first kappa shape index (κ1) is 17.8. The zero-order valence-corrected chi connectivity index (χ0v) is 13.6. The molecule has 0 saturated carbocycles. The third-order valence-corrected chi connectivity index (χ3v) is 3.12. The summed E-state index contributed by atoms with van der Waals surface area (Å²) in [5.74, 6) is 0.910. The summed E-state index contributed by atoms with van der Waals surface area (Å²) in [5, 5.41) is 2.68. The highest BCUT2D eigenvalue weighted by Gasteiger charge is 2.22. The number of carbonyl (C=O) groups is 2. The number of rotatable bonds is 8. The van der Waals surface area contributed by atoms with E-state index >= 15 is 0 Å². The summed E-state index contributed by atoms with van der Waals surface area (Å²) in [4.78, 5) is 25.4. The van der Waals surface area contributed by atoms with Gasteiger partial charge in [-0.3, -0.25) is 9.59 Å². The Balaban J connectivity index is 2.62. The van der Waals surface area contributed by atoms with E-state index in [2.05, 4.69) is 5.32 Å². The molecule has 0 spiro atoms. The zero-order valence-electron chi connectivity index (χ0n) is 13.6. The summed E-state index contributed by atoms with van der Waals surface area (Å²) in [6, 6.07) is 7.00. The molecule has 1 atom stereocenters. The number of nitrogens with one attached hydrogen (secondary N) is 1. The summed E-state index contributed by atoms with van der Waals surface area (Å²) in [5.41, 5.74) is 0. The molecule has 6 heteroatoms. The van der Waals surface area contributed by atoms with Gasteiger partial charge in [-0.05, 0) is 45.0 Å². The summed E-state index contributed by atoms with van der Waals surface area (Å²) in [6.07, 6.45) is -0.664. The minimum Gasteiger partial charge on any atom is -0.497 e. The highest BCUT2D eigenvalue weighted by Crippen LogP contribution is 2.18. The normalized spacial score (nSPS) is 11.5. The Labute approximate surface area is 131 Å². The van der Waals surface area contributed by atoms with Crippen LogP contribution in [0.1, 0.15) is 20.8 Å². The molecule has 0 aromatic heterocycles. The van der Waals surface area contributed by atoms with E-state index in [9.17, 15) is 9.59 Å². The molecule has 0 heterocycles. The van der Waals surface area contributed by atoms with Gasteiger partial charge in [0.15, 0.2) is 6.10 Å². The molecule has 22 heavy (non-hydrogen) atoms. The van der Waals surface area contributed by atoms with Gasteiger partial charge in [0.25, 0.3) is 5.91 Å². The summed E-state index contributed by atoms with van der Waals surface area (Å²) in [6.45, 7) is 6.38. The van der Waals surface area contributed by atoms with E-state index in [1.54, 1.807) is 38.3 Å². The molecule has 6 nitrogen and oxygen atoms in total. The van der Waals surface area contributed by atoms with Gasteiger partial charge in [-0.1, -0.05) is 0 Å². The lowest BCUT2D eigenvalue weighted by Gasteiger charge is -2.24. The molecule has 1 N–H and O–H groups in total. The molecule has 0 aliphatic rings. The van der Waals surface area contributed by atoms with Gasteiger partial charge in [0.05, 0.1) is 13.7 Å². The molecule has 1 unspecified atom stereocenters. The number of hydrogen-bond acceptors (Lipinski definition) is 4. The van der Waals surface area contributed by atoms with Crippen LogP contribution in [-0.2, 0) is 9.59 Å². The van der Waals surface area contributed by atoms with Crippen molar-refractivity contribution in [3.63, 3.8) is 0 Å². The predicted molar refractivity (Wildman–Crippen MR) is 84.0 cm³/mol. The van der Waals surface area contributed by atoms with Crippen LogP contribution >= 0.6 is 0 Å². The van der Waals surface area contributed by atoms with Crippen molar-refractivity contribution in [1.82, 2.24) is 10.2 Å². The van der Waals surface area contributed by atoms with Crippen LogP contribution in [0.4, 0.5) is 0 Å². The van der Waals surface area contributed by atoms with E-state index < -0.39 is 6.10 Å². The van der Waals surface area contributed by atoms with Crippen LogP contribution in [0, 0.1) is 0 Å². The van der Waals surface area contributed by atoms with E-state index in [1.165, 1.54) is 4.90 Å². The van der Waals surface area contributed by atoms with E-state index in [0.29, 0.717) is 18.8 Å². The largest absolute Gasteiger partial charge is 0.497 e. The average molecular weight is 308 g/mol. The molecule has 122 valence electrons. The summed E-state index contributed by atoms with van der Waals surface area (Å²) in [7, 11) is 1.59. The van der Waals surface area contributed by atoms with Crippen LogP contribution in [0.25, 0.3) is 0 Å². The van der Waals surface area contributed by atoms with Crippen molar-refractivity contribution >= 4 is 11.8 Å². The number of carbonyl (C=O) groups excluding carboxylic acids is 2. The lowest BCUT2D eigenvalue weighted by molar-refractivity contribution is -0.141. The van der Waals surface area contributed by atoms with E-state index in [-0.39, 0.29) is 18.4 Å². The fourth-order valence-electron chi connectivity index (χ4n) is 1.94. The summed E-state index contributed by atoms with van der Waals surface area (Å²) >= 11 is 0. The van der Waals surface area contributed by atoms with Crippen LogP contribution in [0.15, 0.2) is 24.3 Å². The Morgan fingerprint density at radius 3 is 2.27 bits per heavy atom. The van der Waals surface area contributed by atoms with Crippen LogP contribution in [-0.4, -0.2) is 49.6 Å². The van der Waals surface area contributed by atoms with Crippen molar-refractivity contribution in [3.8, 4) is 11.5 Å². The second-order valence-electron chi connectivity index (χ2n) is 4.74. The molecule has 1 rings (SSSR count). The van der Waals surface area contributed by atoms with Crippen molar-refractivity contribution in [2.24, 2.45) is 0 Å². The molecule has 0 bridgehead atoms. The quantitative estimate of drug-likeness (QED) is 0.789. The highest BCUT2D eigenvalue weighted by atomic mass is 16.5. The Bertz CT molecular complexity index is 487. The molecule has 0 fully saturated rings. The Morgan fingerprint density at radius 2 is 1.77 bits per heavy atom. The Kier molecular flexibility index (Phi) is 7.22. The monoisotopic (exact) mass is 308 g/mol. The molecule has 0 aliphatic carbocycles. The van der Waals surface area contributed by atoms with Gasteiger partial charge < -0.3 is 19.7 Å². The lowest BCUT2D eigenvalue weighted by Crippen LogP contribution is -2.45. The standard InChI is InChI=1S/C16H24N2O4/c1-5-17-15(19)11-18(6-2)16(20)12(3)22-14-9-7-13(21-4)8-10-14/h7-10,12H,5-6,11H2,1-4H3,(H,17,19). The van der Waals surface area contributed by atoms with Crippen molar-refractivity contribution in [2.45, 2.75) is 26.9 Å². The van der Waals surface area contributed by atoms with Crippen LogP contribution in [0.3, 0.4) is 0 Å². The van der Waals surface area contributed by atoms with Crippen LogP contribution < -0.4 is 14.8 Å². The van der Waals surface area contributed by atoms with Gasteiger partial charge in [0.2, 0.25) is 5.91 Å². The predicted octanol–water partition coefficient (Wildman–Crippen LogP) is 1.45. The number of likely N-dealkylation sites (N-methyl/N-ethyl adjacent to an activating group) is 2. The lowest BCUT2D eigenvalue weighted by atomic mass is 10.3. The van der Waals surface area contributed by atoms with Gasteiger partial charge in [0.1, 0.15) is 11.5 Å². The van der Waals surface area contributed by atoms with Gasteiger partial charge in [0, 0.05) is 13.1 Å². The van der Waals surface area contributed by atoms with Gasteiger partial charge in [-0.15, -0.1) is 0 Å². The van der Waals surface area contributed by atoms with E-state index in [0.717, 1.165) is 5.75 Å². The number of methoxy groups -OCH3 is 1. The third-order valence-electron chi connectivity index (χ3n) is 3.12. The minimum absolute atomic E-state index is 0.0412. The second-order valence-corrected chi connectivity index (χ2v) is 4.74. The van der Waals surface area contributed by atoms with Crippen LogP contribution in [0.2, 0.25) is 0 Å². The van der Waals surface area contributed by atoms with Gasteiger partial charge >= 0.3 is 0 Å². The fraction of sp³-hybridized carbons (Fsp3) is 0.500.